The number of benzene rings is 4. The van der Waals surface area contributed by atoms with Gasteiger partial charge < -0.3 is 16.0 Å². The number of halogens is 1. The van der Waals surface area contributed by atoms with Crippen LogP contribution in [0.3, 0.4) is 0 Å². The number of carbonyl (C=O) groups excluding carboxylic acids is 3. The Labute approximate surface area is 251 Å². The molecule has 0 aliphatic rings. The van der Waals surface area contributed by atoms with Gasteiger partial charge in [0.05, 0.1) is 10.7 Å². The molecule has 4 aromatic rings. The Morgan fingerprint density at radius 2 is 1.60 bits per heavy atom. The van der Waals surface area contributed by atoms with Gasteiger partial charge in [-0.05, 0) is 78.7 Å². The summed E-state index contributed by atoms with van der Waals surface area (Å²) in [5, 5.41) is 19.8. The molecule has 0 heterocycles. The highest BCUT2D eigenvalue weighted by molar-refractivity contribution is 8.00. The number of aryl methyl sites for hydroxylation is 1. The number of hydrogen-bond acceptors (Lipinski definition) is 6. The molecule has 9 nitrogen and oxygen atoms in total. The van der Waals surface area contributed by atoms with Crippen LogP contribution in [0.4, 0.5) is 17.1 Å². The van der Waals surface area contributed by atoms with Crippen molar-refractivity contribution in [1.82, 2.24) is 5.32 Å². The average Bonchev–Trinajstić information content (AvgIpc) is 2.98. The van der Waals surface area contributed by atoms with Crippen LogP contribution in [0.2, 0.25) is 5.02 Å². The van der Waals surface area contributed by atoms with E-state index >= 15 is 0 Å². The maximum Gasteiger partial charge on any atom is 0.272 e. The van der Waals surface area contributed by atoms with Gasteiger partial charge in [0.2, 0.25) is 5.91 Å². The summed E-state index contributed by atoms with van der Waals surface area (Å²) in [6.45, 7) is 1.88. The van der Waals surface area contributed by atoms with Gasteiger partial charge >= 0.3 is 0 Å². The zero-order valence-electron chi connectivity index (χ0n) is 22.3. The van der Waals surface area contributed by atoms with E-state index in [-0.39, 0.29) is 23.0 Å². The third kappa shape index (κ3) is 8.53. The molecule has 0 aliphatic carbocycles. The van der Waals surface area contributed by atoms with Gasteiger partial charge in [-0.2, -0.15) is 0 Å². The second-order valence-corrected chi connectivity index (χ2v) is 10.5. The lowest BCUT2D eigenvalue weighted by Gasteiger charge is -2.12. The number of nitrogens with zero attached hydrogens (tertiary/aromatic N) is 1. The zero-order valence-corrected chi connectivity index (χ0v) is 23.9. The van der Waals surface area contributed by atoms with Crippen LogP contribution in [-0.2, 0) is 9.59 Å². The summed E-state index contributed by atoms with van der Waals surface area (Å²) in [6, 6.07) is 26.2. The Morgan fingerprint density at radius 3 is 2.29 bits per heavy atom. The van der Waals surface area contributed by atoms with Gasteiger partial charge in [-0.25, -0.2) is 0 Å². The molecule has 0 fully saturated rings. The van der Waals surface area contributed by atoms with Gasteiger partial charge in [-0.15, -0.1) is 11.8 Å². The third-order valence-corrected chi connectivity index (χ3v) is 7.26. The first-order valence-electron chi connectivity index (χ1n) is 12.6. The highest BCUT2D eigenvalue weighted by atomic mass is 35.5. The average molecular weight is 601 g/mol. The van der Waals surface area contributed by atoms with E-state index in [0.717, 1.165) is 10.5 Å². The predicted molar refractivity (Wildman–Crippen MR) is 166 cm³/mol. The molecular weight excluding hydrogens is 576 g/mol. The van der Waals surface area contributed by atoms with Crippen molar-refractivity contribution in [1.29, 1.82) is 0 Å². The fourth-order valence-corrected chi connectivity index (χ4v) is 4.62. The van der Waals surface area contributed by atoms with Gasteiger partial charge in [0.15, 0.2) is 0 Å². The molecule has 3 amide bonds. The molecule has 4 aromatic carbocycles. The maximum atomic E-state index is 13.3. The second kappa shape index (κ2) is 14.1. The molecule has 0 atom stereocenters. The van der Waals surface area contributed by atoms with Crippen LogP contribution in [0.25, 0.3) is 6.08 Å². The molecular formula is C31H25ClN4O5S. The summed E-state index contributed by atoms with van der Waals surface area (Å²) < 4.78 is 0. The van der Waals surface area contributed by atoms with Gasteiger partial charge in [0.25, 0.3) is 17.5 Å². The fraction of sp³-hybridized carbons (Fsp3) is 0.0645. The molecule has 0 bridgehead atoms. The largest absolute Gasteiger partial charge is 0.325 e. The van der Waals surface area contributed by atoms with E-state index in [1.54, 1.807) is 66.7 Å². The van der Waals surface area contributed by atoms with Gasteiger partial charge in [-0.3, -0.25) is 24.5 Å². The minimum absolute atomic E-state index is 0.0631. The smallest absolute Gasteiger partial charge is 0.272 e. The monoisotopic (exact) mass is 600 g/mol. The Kier molecular flexibility index (Phi) is 10.1. The first-order chi connectivity index (χ1) is 20.2. The normalized spacial score (nSPS) is 11.0. The van der Waals surface area contributed by atoms with Crippen LogP contribution in [0.1, 0.15) is 21.5 Å². The molecule has 0 aliphatic heterocycles. The molecule has 0 saturated heterocycles. The van der Waals surface area contributed by atoms with Crippen molar-refractivity contribution in [3.63, 3.8) is 0 Å². The second-order valence-electron chi connectivity index (χ2n) is 9.01. The van der Waals surface area contributed by atoms with Crippen LogP contribution in [0.15, 0.2) is 108 Å². The Balaban J connectivity index is 1.46. The van der Waals surface area contributed by atoms with E-state index in [0.29, 0.717) is 27.5 Å². The summed E-state index contributed by atoms with van der Waals surface area (Å²) in [4.78, 5) is 49.8. The van der Waals surface area contributed by atoms with Crippen molar-refractivity contribution in [2.75, 3.05) is 16.4 Å². The number of non-ortho nitro benzene ring substituents is 1. The molecule has 11 heteroatoms. The number of nitrogens with one attached hydrogen (secondary N) is 3. The van der Waals surface area contributed by atoms with Gasteiger partial charge in [0, 0.05) is 39.0 Å². The van der Waals surface area contributed by atoms with Crippen molar-refractivity contribution >= 4 is 64.2 Å². The highest BCUT2D eigenvalue weighted by Gasteiger charge is 2.16. The summed E-state index contributed by atoms with van der Waals surface area (Å²) in [7, 11) is 0. The lowest BCUT2D eigenvalue weighted by molar-refractivity contribution is -0.384. The van der Waals surface area contributed by atoms with Crippen molar-refractivity contribution < 1.29 is 19.3 Å². The number of thioether (sulfide) groups is 1. The SMILES string of the molecule is Cc1ccc(NC(=O)CSc2cccc(NC(=O)/C(=C\c3ccc([N+](=O)[O-])cc3)NC(=O)c3ccccc3)c2)cc1Cl. The maximum absolute atomic E-state index is 13.3. The minimum atomic E-state index is -0.603. The lowest BCUT2D eigenvalue weighted by atomic mass is 10.1. The first-order valence-corrected chi connectivity index (χ1v) is 14.0. The summed E-state index contributed by atoms with van der Waals surface area (Å²) in [5.41, 5.74) is 2.62. The van der Waals surface area contributed by atoms with Gasteiger partial charge in [0.1, 0.15) is 5.70 Å². The van der Waals surface area contributed by atoms with E-state index in [9.17, 15) is 24.5 Å². The zero-order chi connectivity index (χ0) is 30.1. The number of hydrogen-bond donors (Lipinski definition) is 3. The van der Waals surface area contributed by atoms with E-state index < -0.39 is 16.7 Å². The Hall–Kier alpha value is -4.93. The third-order valence-electron chi connectivity index (χ3n) is 5.86. The Bertz CT molecular complexity index is 1660. The number of nitro groups is 1. The van der Waals surface area contributed by atoms with Crippen LogP contribution in [-0.4, -0.2) is 28.4 Å². The molecule has 0 radical (unpaired) electrons. The number of anilines is 2. The van der Waals surface area contributed by atoms with Crippen LogP contribution in [0.5, 0.6) is 0 Å². The molecule has 0 aromatic heterocycles. The fourth-order valence-electron chi connectivity index (χ4n) is 3.68. The standard InChI is InChI=1S/C31H25ClN4O5S/c1-20-10-13-24(18-27(20)32)33-29(37)19-42-26-9-5-8-23(17-26)34-31(39)28(35-30(38)22-6-3-2-4-7-22)16-21-11-14-25(15-12-21)36(40)41/h2-18H,19H2,1H3,(H,33,37)(H,34,39)(H,35,38)/b28-16+. The van der Waals surface area contributed by atoms with Gasteiger partial charge in [-0.1, -0.05) is 41.9 Å². The summed E-state index contributed by atoms with van der Waals surface area (Å²) >= 11 is 7.41. The van der Waals surface area contributed by atoms with Crippen molar-refractivity contribution in [3.05, 3.63) is 135 Å². The predicted octanol–water partition coefficient (Wildman–Crippen LogP) is 6.70. The van der Waals surface area contributed by atoms with E-state index in [1.807, 2.05) is 13.0 Å². The highest BCUT2D eigenvalue weighted by Crippen LogP contribution is 2.24. The van der Waals surface area contributed by atoms with E-state index in [1.165, 1.54) is 42.1 Å². The van der Waals surface area contributed by atoms with Crippen molar-refractivity contribution in [2.45, 2.75) is 11.8 Å². The minimum Gasteiger partial charge on any atom is -0.325 e. The lowest BCUT2D eigenvalue weighted by Crippen LogP contribution is -2.30. The molecule has 42 heavy (non-hydrogen) atoms. The van der Waals surface area contributed by atoms with E-state index in [4.69, 9.17) is 11.6 Å². The van der Waals surface area contributed by atoms with E-state index in [2.05, 4.69) is 16.0 Å². The molecule has 4 rings (SSSR count). The summed E-state index contributed by atoms with van der Waals surface area (Å²) in [6.07, 6.45) is 1.43. The molecule has 0 unspecified atom stereocenters. The van der Waals surface area contributed by atoms with Crippen molar-refractivity contribution in [2.24, 2.45) is 0 Å². The quantitative estimate of drug-likeness (QED) is 0.0804. The molecule has 0 saturated carbocycles. The van der Waals surface area contributed by atoms with Crippen LogP contribution < -0.4 is 16.0 Å². The molecule has 3 N–H and O–H groups in total. The number of carbonyl (C=O) groups is 3. The number of amides is 3. The van der Waals surface area contributed by atoms with Crippen molar-refractivity contribution in [3.8, 4) is 0 Å². The molecule has 0 spiro atoms. The number of rotatable bonds is 10. The summed E-state index contributed by atoms with van der Waals surface area (Å²) in [5.74, 6) is -1.19. The topological polar surface area (TPSA) is 130 Å². The Morgan fingerprint density at radius 1 is 0.881 bits per heavy atom. The molecule has 212 valence electrons. The number of nitro benzene ring substituents is 1. The van der Waals surface area contributed by atoms with Crippen LogP contribution >= 0.6 is 23.4 Å². The first kappa shape index (κ1) is 30.0. The van der Waals surface area contributed by atoms with Crippen LogP contribution in [0, 0.1) is 17.0 Å².